The first kappa shape index (κ1) is 12.0. The first-order chi connectivity index (χ1) is 9.33. The van der Waals surface area contributed by atoms with E-state index in [2.05, 4.69) is 79.7 Å². The molecule has 1 aliphatic carbocycles. The lowest BCUT2D eigenvalue weighted by Gasteiger charge is -2.12. The van der Waals surface area contributed by atoms with Crippen molar-refractivity contribution in [2.75, 3.05) is 0 Å². The predicted octanol–water partition coefficient (Wildman–Crippen LogP) is 5.33. The van der Waals surface area contributed by atoms with Gasteiger partial charge >= 0.3 is 0 Å². The van der Waals surface area contributed by atoms with Gasteiger partial charge in [-0.3, -0.25) is 0 Å². The van der Waals surface area contributed by atoms with E-state index in [-0.39, 0.29) is 0 Å². The lowest BCUT2D eigenvalue weighted by Crippen LogP contribution is -1.94. The van der Waals surface area contributed by atoms with Crippen LogP contribution in [0.15, 0.2) is 72.8 Å². The van der Waals surface area contributed by atoms with E-state index in [0.29, 0.717) is 5.92 Å². The molecule has 3 rings (SSSR count). The summed E-state index contributed by atoms with van der Waals surface area (Å²) in [5.41, 5.74) is 5.20. The van der Waals surface area contributed by atoms with Gasteiger partial charge in [0.25, 0.3) is 0 Å². The Balaban J connectivity index is 1.86. The van der Waals surface area contributed by atoms with E-state index in [0.717, 1.165) is 6.42 Å². The molecule has 0 saturated heterocycles. The van der Waals surface area contributed by atoms with E-state index < -0.39 is 0 Å². The molecule has 1 aliphatic rings. The van der Waals surface area contributed by atoms with Crippen LogP contribution in [0, 0.1) is 5.92 Å². The highest BCUT2D eigenvalue weighted by molar-refractivity contribution is 5.76. The van der Waals surface area contributed by atoms with Gasteiger partial charge in [0.05, 0.1) is 0 Å². The van der Waals surface area contributed by atoms with Gasteiger partial charge in [0.1, 0.15) is 0 Å². The molecule has 1 unspecified atom stereocenters. The second kappa shape index (κ2) is 5.27. The summed E-state index contributed by atoms with van der Waals surface area (Å²) in [6, 6.07) is 19.4. The molecule has 19 heavy (non-hydrogen) atoms. The van der Waals surface area contributed by atoms with Gasteiger partial charge in [-0.1, -0.05) is 79.7 Å². The third kappa shape index (κ3) is 2.68. The number of hydrogen-bond donors (Lipinski definition) is 0. The van der Waals surface area contributed by atoms with Crippen molar-refractivity contribution >= 4 is 5.57 Å². The van der Waals surface area contributed by atoms with Crippen LogP contribution in [0.4, 0.5) is 0 Å². The molecular formula is C19H18. The van der Waals surface area contributed by atoms with Crippen molar-refractivity contribution in [1.82, 2.24) is 0 Å². The lowest BCUT2D eigenvalue weighted by atomic mass is 9.93. The zero-order valence-electron chi connectivity index (χ0n) is 11.2. The second-order valence-corrected chi connectivity index (χ2v) is 5.17. The molecule has 0 amide bonds. The number of allylic oxidation sites excluding steroid dienone is 4. The van der Waals surface area contributed by atoms with Gasteiger partial charge in [-0.15, -0.1) is 0 Å². The van der Waals surface area contributed by atoms with Crippen LogP contribution >= 0.6 is 0 Å². The molecule has 0 bridgehead atoms. The summed E-state index contributed by atoms with van der Waals surface area (Å²) in [5, 5.41) is 0. The minimum atomic E-state index is 0.673. The molecule has 0 spiro atoms. The highest BCUT2D eigenvalue weighted by atomic mass is 14.1. The van der Waals surface area contributed by atoms with Crippen molar-refractivity contribution in [2.45, 2.75) is 13.3 Å². The van der Waals surface area contributed by atoms with Gasteiger partial charge in [0.2, 0.25) is 0 Å². The zero-order valence-corrected chi connectivity index (χ0v) is 11.2. The second-order valence-electron chi connectivity index (χ2n) is 5.17. The number of rotatable bonds is 2. The molecule has 0 aromatic heterocycles. The normalized spacial score (nSPS) is 18.2. The fourth-order valence-corrected chi connectivity index (χ4v) is 2.43. The lowest BCUT2D eigenvalue weighted by molar-refractivity contribution is 0.739. The summed E-state index contributed by atoms with van der Waals surface area (Å²) in [5.74, 6) is 0.673. The Hall–Kier alpha value is -2.08. The Kier molecular flexibility index (Phi) is 3.33. The average molecular weight is 246 g/mol. The maximum Gasteiger partial charge on any atom is -0.0184 e. The summed E-state index contributed by atoms with van der Waals surface area (Å²) < 4.78 is 0. The topological polar surface area (TPSA) is 0 Å². The van der Waals surface area contributed by atoms with Crippen LogP contribution in [0.1, 0.15) is 18.9 Å². The Morgan fingerprint density at radius 1 is 0.789 bits per heavy atom. The van der Waals surface area contributed by atoms with Crippen LogP contribution in [0.5, 0.6) is 0 Å². The molecule has 0 N–H and O–H groups in total. The van der Waals surface area contributed by atoms with Crippen LogP contribution in [-0.4, -0.2) is 0 Å². The smallest absolute Gasteiger partial charge is 0.0184 e. The zero-order chi connectivity index (χ0) is 13.1. The molecule has 2 aromatic rings. The number of hydrogen-bond acceptors (Lipinski definition) is 0. The highest BCUT2D eigenvalue weighted by Gasteiger charge is 2.05. The average Bonchev–Trinajstić information content (AvgIpc) is 2.49. The van der Waals surface area contributed by atoms with Crippen LogP contribution in [0.3, 0.4) is 0 Å². The maximum absolute atomic E-state index is 2.34. The van der Waals surface area contributed by atoms with Crippen LogP contribution in [0.2, 0.25) is 0 Å². The summed E-state index contributed by atoms with van der Waals surface area (Å²) >= 11 is 0. The van der Waals surface area contributed by atoms with E-state index in [1.54, 1.807) is 0 Å². The van der Waals surface area contributed by atoms with Crippen molar-refractivity contribution in [3.8, 4) is 11.1 Å². The first-order valence-electron chi connectivity index (χ1n) is 6.87. The van der Waals surface area contributed by atoms with Crippen LogP contribution in [-0.2, 0) is 0 Å². The molecule has 0 aliphatic heterocycles. The standard InChI is InChI=1S/C19H18/c1-15-7-9-17(10-8-15)19-13-11-18(12-14-19)16-5-3-2-4-6-16/h2-7,9-15H,8H2,1H3. The molecule has 0 saturated carbocycles. The first-order valence-corrected chi connectivity index (χ1v) is 6.87. The summed E-state index contributed by atoms with van der Waals surface area (Å²) in [7, 11) is 0. The molecular weight excluding hydrogens is 228 g/mol. The van der Waals surface area contributed by atoms with Crippen molar-refractivity contribution < 1.29 is 0 Å². The van der Waals surface area contributed by atoms with Gasteiger partial charge in [0.15, 0.2) is 0 Å². The molecule has 0 heteroatoms. The molecule has 2 aromatic carbocycles. The Labute approximate surface area is 115 Å². The minimum Gasteiger partial charge on any atom is -0.0808 e. The molecule has 94 valence electrons. The van der Waals surface area contributed by atoms with Gasteiger partial charge in [-0.25, -0.2) is 0 Å². The Morgan fingerprint density at radius 3 is 2.05 bits per heavy atom. The van der Waals surface area contributed by atoms with Crippen molar-refractivity contribution in [3.63, 3.8) is 0 Å². The predicted molar refractivity (Wildman–Crippen MR) is 82.8 cm³/mol. The van der Waals surface area contributed by atoms with Gasteiger partial charge < -0.3 is 0 Å². The van der Waals surface area contributed by atoms with Crippen molar-refractivity contribution in [3.05, 3.63) is 78.4 Å². The summed E-state index contributed by atoms with van der Waals surface area (Å²) in [6.07, 6.45) is 8.01. The fraction of sp³-hybridized carbons (Fsp3) is 0.158. The number of benzene rings is 2. The van der Waals surface area contributed by atoms with Gasteiger partial charge in [-0.05, 0) is 34.6 Å². The molecule has 0 heterocycles. The summed E-state index contributed by atoms with van der Waals surface area (Å²) in [6.45, 7) is 2.25. The minimum absolute atomic E-state index is 0.673. The summed E-state index contributed by atoms with van der Waals surface area (Å²) in [4.78, 5) is 0. The van der Waals surface area contributed by atoms with Crippen molar-refractivity contribution in [1.29, 1.82) is 0 Å². The van der Waals surface area contributed by atoms with Gasteiger partial charge in [0, 0.05) is 0 Å². The van der Waals surface area contributed by atoms with E-state index >= 15 is 0 Å². The highest BCUT2D eigenvalue weighted by Crippen LogP contribution is 2.26. The molecule has 0 nitrogen and oxygen atoms in total. The SMILES string of the molecule is CC1C=CC(c2ccc(-c3ccccc3)cc2)=CC1. The third-order valence-corrected chi connectivity index (χ3v) is 3.64. The monoisotopic (exact) mass is 246 g/mol. The fourth-order valence-electron chi connectivity index (χ4n) is 2.43. The van der Waals surface area contributed by atoms with E-state index in [1.165, 1.54) is 22.3 Å². The third-order valence-electron chi connectivity index (χ3n) is 3.64. The molecule has 0 radical (unpaired) electrons. The molecule has 0 fully saturated rings. The Bertz CT molecular complexity index is 600. The Morgan fingerprint density at radius 2 is 1.42 bits per heavy atom. The quantitative estimate of drug-likeness (QED) is 0.671. The van der Waals surface area contributed by atoms with Crippen LogP contribution in [0.25, 0.3) is 16.7 Å². The van der Waals surface area contributed by atoms with Gasteiger partial charge in [-0.2, -0.15) is 0 Å². The van der Waals surface area contributed by atoms with E-state index in [1.807, 2.05) is 0 Å². The van der Waals surface area contributed by atoms with E-state index in [4.69, 9.17) is 0 Å². The maximum atomic E-state index is 2.34. The molecule has 1 atom stereocenters. The van der Waals surface area contributed by atoms with Crippen LogP contribution < -0.4 is 0 Å². The van der Waals surface area contributed by atoms with Crippen molar-refractivity contribution in [2.24, 2.45) is 5.92 Å². The van der Waals surface area contributed by atoms with E-state index in [9.17, 15) is 0 Å². The largest absolute Gasteiger partial charge is 0.0808 e.